The molecule has 6 nitrogen and oxygen atoms in total. The second kappa shape index (κ2) is 7.76. The third kappa shape index (κ3) is 3.16. The van der Waals surface area contributed by atoms with Crippen molar-refractivity contribution in [1.82, 2.24) is 9.88 Å². The number of guanidine groups is 1. The van der Waals surface area contributed by atoms with E-state index in [0.717, 1.165) is 4.90 Å². The number of rotatable bonds is 4. The van der Waals surface area contributed by atoms with Crippen molar-refractivity contribution in [3.63, 3.8) is 0 Å². The summed E-state index contributed by atoms with van der Waals surface area (Å²) in [6, 6.07) is 9.13. The maximum atomic E-state index is 15.1. The molecule has 1 aromatic heterocycles. The predicted molar refractivity (Wildman–Crippen MR) is 119 cm³/mol. The van der Waals surface area contributed by atoms with E-state index in [-0.39, 0.29) is 29.4 Å². The molecule has 2 aromatic rings. The van der Waals surface area contributed by atoms with Crippen molar-refractivity contribution < 1.29 is 22.3 Å². The molecule has 3 heterocycles. The highest BCUT2D eigenvalue weighted by atomic mass is 19.3. The van der Waals surface area contributed by atoms with E-state index in [9.17, 15) is 13.2 Å². The second-order valence-electron chi connectivity index (χ2n) is 8.41. The number of allylic oxidation sites excluding steroid dienone is 2. The van der Waals surface area contributed by atoms with Crippen LogP contribution in [0.15, 0.2) is 76.8 Å². The van der Waals surface area contributed by atoms with Crippen LogP contribution in [0.4, 0.5) is 17.6 Å². The molecule has 0 saturated carbocycles. The van der Waals surface area contributed by atoms with Crippen LogP contribution in [0.25, 0.3) is 5.57 Å². The highest BCUT2D eigenvalue weighted by molar-refractivity contribution is 6.11. The first-order valence-corrected chi connectivity index (χ1v) is 10.6. The van der Waals surface area contributed by atoms with Crippen molar-refractivity contribution >= 4 is 17.4 Å². The number of halogens is 4. The minimum atomic E-state index is -3.11. The van der Waals surface area contributed by atoms with Gasteiger partial charge in [-0.2, -0.15) is 0 Å². The molecule has 2 aliphatic heterocycles. The van der Waals surface area contributed by atoms with E-state index in [0.29, 0.717) is 5.56 Å². The molecule has 0 radical (unpaired) electrons. The van der Waals surface area contributed by atoms with E-state index < -0.39 is 41.8 Å². The van der Waals surface area contributed by atoms with Crippen molar-refractivity contribution in [3.05, 3.63) is 83.7 Å². The van der Waals surface area contributed by atoms with Crippen molar-refractivity contribution in [2.45, 2.75) is 23.5 Å². The Balaban J connectivity index is 1.74. The molecule has 1 aromatic carbocycles. The SMILES string of the molecule is COC1(C2(c3ccncc3)N=C(N)N3CC(F)(F)CN=C32)C=CC(F)=C(c2ccccc2F)C1. The molecule has 5 rings (SSSR count). The van der Waals surface area contributed by atoms with Crippen molar-refractivity contribution in [2.24, 2.45) is 15.7 Å². The number of aliphatic imine (C=N–C) groups is 2. The van der Waals surface area contributed by atoms with Gasteiger partial charge >= 0.3 is 0 Å². The zero-order chi connectivity index (χ0) is 24.1. The molecule has 2 N–H and O–H groups in total. The molecule has 0 saturated heterocycles. The van der Waals surface area contributed by atoms with Crippen LogP contribution in [-0.2, 0) is 10.3 Å². The molecule has 176 valence electrons. The zero-order valence-electron chi connectivity index (χ0n) is 18.2. The summed E-state index contributed by atoms with van der Waals surface area (Å²) in [5, 5.41) is 0. The maximum absolute atomic E-state index is 15.1. The Bertz CT molecular complexity index is 1260. The van der Waals surface area contributed by atoms with Crippen LogP contribution >= 0.6 is 0 Å². The number of nitrogens with two attached hydrogens (primary N) is 1. The minimum Gasteiger partial charge on any atom is -0.370 e. The van der Waals surface area contributed by atoms with Gasteiger partial charge in [0.25, 0.3) is 5.92 Å². The number of hydrogen-bond acceptors (Lipinski definition) is 6. The summed E-state index contributed by atoms with van der Waals surface area (Å²) in [5.74, 6) is -4.35. The summed E-state index contributed by atoms with van der Waals surface area (Å²) in [5.41, 5.74) is 3.79. The Morgan fingerprint density at radius 2 is 1.82 bits per heavy atom. The number of methoxy groups -OCH3 is 1. The Hall–Kier alpha value is -3.53. The van der Waals surface area contributed by atoms with Gasteiger partial charge in [-0.15, -0.1) is 0 Å². The Morgan fingerprint density at radius 1 is 1.09 bits per heavy atom. The first-order valence-electron chi connectivity index (χ1n) is 10.6. The van der Waals surface area contributed by atoms with Gasteiger partial charge in [-0.3, -0.25) is 14.9 Å². The number of amidine groups is 1. The first-order chi connectivity index (χ1) is 16.2. The van der Waals surface area contributed by atoms with Crippen LogP contribution in [0.3, 0.4) is 0 Å². The highest BCUT2D eigenvalue weighted by Crippen LogP contribution is 2.53. The quantitative estimate of drug-likeness (QED) is 0.688. The molecule has 0 fully saturated rings. The van der Waals surface area contributed by atoms with E-state index in [4.69, 9.17) is 10.5 Å². The number of pyridine rings is 1. The van der Waals surface area contributed by atoms with Crippen molar-refractivity contribution in [3.8, 4) is 0 Å². The number of hydrogen-bond donors (Lipinski definition) is 1. The monoisotopic (exact) mass is 471 g/mol. The van der Waals surface area contributed by atoms with Gasteiger partial charge in [-0.05, 0) is 35.9 Å². The van der Waals surface area contributed by atoms with Gasteiger partial charge in [0, 0.05) is 37.1 Å². The van der Waals surface area contributed by atoms with E-state index >= 15 is 4.39 Å². The van der Waals surface area contributed by atoms with Gasteiger partial charge in [-0.1, -0.05) is 18.2 Å². The number of nitrogens with zero attached hydrogens (tertiary/aromatic N) is 4. The van der Waals surface area contributed by atoms with Gasteiger partial charge in [0.2, 0.25) is 0 Å². The molecule has 10 heteroatoms. The van der Waals surface area contributed by atoms with Crippen LogP contribution in [0, 0.1) is 5.82 Å². The van der Waals surface area contributed by atoms with Gasteiger partial charge in [0.1, 0.15) is 29.6 Å². The lowest BCUT2D eigenvalue weighted by Crippen LogP contribution is -2.60. The third-order valence-corrected chi connectivity index (χ3v) is 6.49. The van der Waals surface area contributed by atoms with Gasteiger partial charge in [0.05, 0.1) is 6.54 Å². The first kappa shape index (κ1) is 22.3. The Labute approximate surface area is 193 Å². The Kier molecular flexibility index (Phi) is 5.09. The second-order valence-corrected chi connectivity index (χ2v) is 8.41. The number of alkyl halides is 2. The third-order valence-electron chi connectivity index (χ3n) is 6.49. The zero-order valence-corrected chi connectivity index (χ0v) is 18.2. The van der Waals surface area contributed by atoms with E-state index in [1.165, 1.54) is 49.9 Å². The van der Waals surface area contributed by atoms with E-state index in [1.54, 1.807) is 18.2 Å². The van der Waals surface area contributed by atoms with Crippen LogP contribution in [-0.4, -0.2) is 53.4 Å². The maximum Gasteiger partial charge on any atom is 0.284 e. The summed E-state index contributed by atoms with van der Waals surface area (Å²) in [6.07, 6.45) is 5.54. The number of ether oxygens (including phenoxy) is 1. The van der Waals surface area contributed by atoms with Crippen LogP contribution in [0.2, 0.25) is 0 Å². The average molecular weight is 471 g/mol. The number of aromatic nitrogens is 1. The largest absolute Gasteiger partial charge is 0.370 e. The van der Waals surface area contributed by atoms with Crippen LogP contribution in [0.1, 0.15) is 17.5 Å². The molecular formula is C24H21F4N5O. The molecule has 0 amide bonds. The summed E-state index contributed by atoms with van der Waals surface area (Å²) in [6.45, 7) is -1.47. The van der Waals surface area contributed by atoms with E-state index in [1.807, 2.05) is 0 Å². The smallest absolute Gasteiger partial charge is 0.284 e. The normalized spacial score (nSPS) is 28.0. The Morgan fingerprint density at radius 3 is 2.53 bits per heavy atom. The molecule has 2 unspecified atom stereocenters. The molecule has 34 heavy (non-hydrogen) atoms. The van der Waals surface area contributed by atoms with Crippen molar-refractivity contribution in [2.75, 3.05) is 20.2 Å². The van der Waals surface area contributed by atoms with Crippen molar-refractivity contribution in [1.29, 1.82) is 0 Å². The molecule has 0 spiro atoms. The van der Waals surface area contributed by atoms with Crippen LogP contribution in [0.5, 0.6) is 0 Å². The fraction of sp³-hybridized carbons (Fsp3) is 0.292. The van der Waals surface area contributed by atoms with Gasteiger partial charge in [0.15, 0.2) is 11.5 Å². The lowest BCUT2D eigenvalue weighted by Gasteiger charge is -2.47. The van der Waals surface area contributed by atoms with Gasteiger partial charge in [-0.25, -0.2) is 22.6 Å². The minimum absolute atomic E-state index is 0.0600. The van der Waals surface area contributed by atoms with Crippen LogP contribution < -0.4 is 5.73 Å². The summed E-state index contributed by atoms with van der Waals surface area (Å²) >= 11 is 0. The number of benzene rings is 1. The molecular weight excluding hydrogens is 450 g/mol. The fourth-order valence-corrected chi connectivity index (χ4v) is 4.91. The summed E-state index contributed by atoms with van der Waals surface area (Å²) in [7, 11) is 1.40. The predicted octanol–water partition coefficient (Wildman–Crippen LogP) is 3.82. The fourth-order valence-electron chi connectivity index (χ4n) is 4.91. The summed E-state index contributed by atoms with van der Waals surface area (Å²) in [4.78, 5) is 14.1. The highest BCUT2D eigenvalue weighted by Gasteiger charge is 2.63. The molecule has 1 aliphatic carbocycles. The van der Waals surface area contributed by atoms with Gasteiger partial charge < -0.3 is 10.5 Å². The average Bonchev–Trinajstić information content (AvgIpc) is 3.12. The lowest BCUT2D eigenvalue weighted by molar-refractivity contribution is -0.0193. The summed E-state index contributed by atoms with van der Waals surface area (Å²) < 4.78 is 64.3. The molecule has 0 bridgehead atoms. The molecule has 2 atom stereocenters. The van der Waals surface area contributed by atoms with E-state index in [2.05, 4.69) is 15.0 Å². The standard InChI is InChI=1S/C24H21F4N5O/c1-34-22(9-6-19(26)17(12-22)16-4-2-3-5-18(16)25)24(15-7-10-30-11-8-15)20-31-13-23(27,28)14-33(20)21(29)32-24/h2-11H,12-14H2,1H3,(H2,29,32). The lowest BCUT2D eigenvalue weighted by atomic mass is 9.68. The number of fused-ring (bicyclic) bond motifs is 1. The topological polar surface area (TPSA) is 76.1 Å². The molecule has 3 aliphatic rings.